The summed E-state index contributed by atoms with van der Waals surface area (Å²) in [6.07, 6.45) is 0.745. The number of hydrogen-bond acceptors (Lipinski definition) is 5. The van der Waals surface area contributed by atoms with Crippen molar-refractivity contribution in [1.82, 2.24) is 0 Å². The number of aliphatic carboxylic acids is 2. The van der Waals surface area contributed by atoms with E-state index < -0.39 is 40.9 Å². The number of rotatable bonds is 6. The van der Waals surface area contributed by atoms with Crippen molar-refractivity contribution in [2.75, 3.05) is 0 Å². The second-order valence-electron chi connectivity index (χ2n) is 6.00. The molecule has 1 aliphatic rings. The van der Waals surface area contributed by atoms with Crippen LogP contribution in [0.3, 0.4) is 0 Å². The van der Waals surface area contributed by atoms with Gasteiger partial charge in [-0.15, -0.1) is 0 Å². The Labute approximate surface area is 123 Å². The molecule has 7 heteroatoms. The Morgan fingerprint density at radius 2 is 1.52 bits per heavy atom. The molecule has 2 unspecified atom stereocenters. The third-order valence-electron chi connectivity index (χ3n) is 4.53. The summed E-state index contributed by atoms with van der Waals surface area (Å²) in [5.74, 6) is -5.57. The summed E-state index contributed by atoms with van der Waals surface area (Å²) in [7, 11) is 0. The third-order valence-corrected chi connectivity index (χ3v) is 4.53. The predicted molar refractivity (Wildman–Crippen MR) is 73.5 cm³/mol. The van der Waals surface area contributed by atoms with E-state index in [1.165, 1.54) is 0 Å². The SMILES string of the molecule is CCC(C)(CC)OC(=O)C1(N)CC(C(=O)O)C(C(=O)O)C1. The first kappa shape index (κ1) is 17.4. The highest BCUT2D eigenvalue weighted by atomic mass is 16.6. The molecular weight excluding hydrogens is 278 g/mol. The van der Waals surface area contributed by atoms with Crippen LogP contribution in [0.4, 0.5) is 0 Å². The minimum absolute atomic E-state index is 0.221. The highest BCUT2D eigenvalue weighted by Crippen LogP contribution is 2.40. The maximum absolute atomic E-state index is 12.3. The number of carboxylic acid groups (broad SMARTS) is 2. The van der Waals surface area contributed by atoms with E-state index >= 15 is 0 Å². The van der Waals surface area contributed by atoms with Crippen LogP contribution in [0.5, 0.6) is 0 Å². The van der Waals surface area contributed by atoms with E-state index in [0.29, 0.717) is 12.8 Å². The summed E-state index contributed by atoms with van der Waals surface area (Å²) in [6, 6.07) is 0. The van der Waals surface area contributed by atoms with Crippen LogP contribution < -0.4 is 5.73 Å². The van der Waals surface area contributed by atoms with E-state index in [9.17, 15) is 14.4 Å². The Kier molecular flexibility index (Phi) is 4.99. The number of hydrogen-bond donors (Lipinski definition) is 3. The number of esters is 1. The van der Waals surface area contributed by atoms with Gasteiger partial charge in [0.2, 0.25) is 0 Å². The quantitative estimate of drug-likeness (QED) is 0.624. The lowest BCUT2D eigenvalue weighted by Crippen LogP contribution is -2.50. The number of carboxylic acids is 2. The number of ether oxygens (including phenoxy) is 1. The first-order valence-electron chi connectivity index (χ1n) is 7.06. The molecular formula is C14H23NO6. The van der Waals surface area contributed by atoms with E-state index in [1.54, 1.807) is 6.92 Å². The van der Waals surface area contributed by atoms with Crippen LogP contribution in [-0.2, 0) is 19.1 Å². The van der Waals surface area contributed by atoms with Crippen LogP contribution >= 0.6 is 0 Å². The van der Waals surface area contributed by atoms with E-state index in [0.717, 1.165) is 0 Å². The van der Waals surface area contributed by atoms with Gasteiger partial charge in [0.1, 0.15) is 11.1 Å². The molecule has 0 aromatic carbocycles. The van der Waals surface area contributed by atoms with Crippen molar-refractivity contribution in [3.8, 4) is 0 Å². The van der Waals surface area contributed by atoms with Crippen LogP contribution in [0.25, 0.3) is 0 Å². The van der Waals surface area contributed by atoms with Gasteiger partial charge in [0.25, 0.3) is 0 Å². The molecule has 0 aliphatic heterocycles. The molecule has 0 bridgehead atoms. The van der Waals surface area contributed by atoms with Gasteiger partial charge >= 0.3 is 17.9 Å². The maximum Gasteiger partial charge on any atom is 0.326 e. The van der Waals surface area contributed by atoms with Gasteiger partial charge in [-0.3, -0.25) is 14.4 Å². The van der Waals surface area contributed by atoms with Crippen LogP contribution in [0.2, 0.25) is 0 Å². The largest absolute Gasteiger partial charge is 0.481 e. The summed E-state index contributed by atoms with van der Waals surface area (Å²) in [5.41, 5.74) is 3.74. The standard InChI is InChI=1S/C14H23NO6/c1-4-13(3,5-2)21-12(20)14(15)6-8(10(16)17)9(7-14)11(18)19/h8-9H,4-7,15H2,1-3H3,(H,16,17)(H,18,19). The molecule has 120 valence electrons. The Morgan fingerprint density at radius 3 is 1.81 bits per heavy atom. The topological polar surface area (TPSA) is 127 Å². The molecule has 21 heavy (non-hydrogen) atoms. The molecule has 1 fully saturated rings. The second-order valence-corrected chi connectivity index (χ2v) is 6.00. The van der Waals surface area contributed by atoms with Crippen molar-refractivity contribution in [3.63, 3.8) is 0 Å². The zero-order valence-electron chi connectivity index (χ0n) is 12.6. The molecule has 1 saturated carbocycles. The van der Waals surface area contributed by atoms with E-state index in [-0.39, 0.29) is 12.8 Å². The Balaban J connectivity index is 2.94. The van der Waals surface area contributed by atoms with Gasteiger partial charge in [-0.2, -0.15) is 0 Å². The van der Waals surface area contributed by atoms with Crippen molar-refractivity contribution in [2.24, 2.45) is 17.6 Å². The van der Waals surface area contributed by atoms with Crippen LogP contribution in [0.1, 0.15) is 46.5 Å². The molecule has 0 aromatic rings. The lowest BCUT2D eigenvalue weighted by Gasteiger charge is -2.32. The number of carbonyl (C=O) groups excluding carboxylic acids is 1. The van der Waals surface area contributed by atoms with Gasteiger partial charge < -0.3 is 20.7 Å². The molecule has 0 radical (unpaired) electrons. The van der Waals surface area contributed by atoms with Crippen LogP contribution in [0.15, 0.2) is 0 Å². The molecule has 7 nitrogen and oxygen atoms in total. The molecule has 0 heterocycles. The smallest absolute Gasteiger partial charge is 0.326 e. The van der Waals surface area contributed by atoms with Gasteiger partial charge in [0.05, 0.1) is 11.8 Å². The van der Waals surface area contributed by atoms with Crippen molar-refractivity contribution < 1.29 is 29.3 Å². The van der Waals surface area contributed by atoms with Gasteiger partial charge in [0.15, 0.2) is 0 Å². The first-order valence-corrected chi connectivity index (χ1v) is 7.06. The fourth-order valence-corrected chi connectivity index (χ4v) is 2.56. The molecule has 1 aliphatic carbocycles. The summed E-state index contributed by atoms with van der Waals surface area (Å²) in [6.45, 7) is 5.51. The van der Waals surface area contributed by atoms with Crippen molar-refractivity contribution in [2.45, 2.75) is 57.6 Å². The molecule has 2 atom stereocenters. The third kappa shape index (κ3) is 3.53. The Bertz CT molecular complexity index is 421. The summed E-state index contributed by atoms with van der Waals surface area (Å²) >= 11 is 0. The van der Waals surface area contributed by atoms with Crippen LogP contribution in [-0.4, -0.2) is 39.3 Å². The van der Waals surface area contributed by atoms with Crippen LogP contribution in [0, 0.1) is 11.8 Å². The van der Waals surface area contributed by atoms with Crippen molar-refractivity contribution in [3.05, 3.63) is 0 Å². The van der Waals surface area contributed by atoms with Crippen molar-refractivity contribution >= 4 is 17.9 Å². The normalized spacial score (nSPS) is 29.1. The zero-order valence-corrected chi connectivity index (χ0v) is 12.6. The fourth-order valence-electron chi connectivity index (χ4n) is 2.56. The average Bonchev–Trinajstić information content (AvgIpc) is 2.78. The monoisotopic (exact) mass is 301 g/mol. The van der Waals surface area contributed by atoms with Gasteiger partial charge in [-0.05, 0) is 32.6 Å². The molecule has 0 amide bonds. The highest BCUT2D eigenvalue weighted by molar-refractivity contribution is 5.88. The molecule has 0 saturated heterocycles. The van der Waals surface area contributed by atoms with Gasteiger partial charge in [0, 0.05) is 0 Å². The lowest BCUT2D eigenvalue weighted by atomic mass is 9.95. The predicted octanol–water partition coefficient (Wildman–Crippen LogP) is 1.00. The summed E-state index contributed by atoms with van der Waals surface area (Å²) in [5, 5.41) is 18.2. The average molecular weight is 301 g/mol. The number of nitrogens with two attached hydrogens (primary N) is 1. The van der Waals surface area contributed by atoms with E-state index in [4.69, 9.17) is 20.7 Å². The van der Waals surface area contributed by atoms with Gasteiger partial charge in [-0.25, -0.2) is 0 Å². The Morgan fingerprint density at radius 1 is 1.14 bits per heavy atom. The Hall–Kier alpha value is -1.63. The highest BCUT2D eigenvalue weighted by Gasteiger charge is 2.54. The molecule has 0 spiro atoms. The molecule has 1 rings (SSSR count). The minimum Gasteiger partial charge on any atom is -0.481 e. The summed E-state index contributed by atoms with van der Waals surface area (Å²) < 4.78 is 5.43. The fraction of sp³-hybridized carbons (Fsp3) is 0.786. The minimum atomic E-state index is -1.56. The second kappa shape index (κ2) is 6.01. The zero-order chi connectivity index (χ0) is 16.4. The molecule has 0 aromatic heterocycles. The molecule has 4 N–H and O–H groups in total. The van der Waals surface area contributed by atoms with Crippen molar-refractivity contribution in [1.29, 1.82) is 0 Å². The van der Waals surface area contributed by atoms with E-state index in [2.05, 4.69) is 0 Å². The summed E-state index contributed by atoms with van der Waals surface area (Å²) in [4.78, 5) is 34.6. The maximum atomic E-state index is 12.3. The van der Waals surface area contributed by atoms with Gasteiger partial charge in [-0.1, -0.05) is 13.8 Å². The lowest BCUT2D eigenvalue weighted by molar-refractivity contribution is -0.165. The number of carbonyl (C=O) groups is 3. The first-order chi connectivity index (χ1) is 9.58. The van der Waals surface area contributed by atoms with E-state index in [1.807, 2.05) is 13.8 Å².